The number of aliphatic imine (C=N–C) groups is 1. The quantitative estimate of drug-likeness (QED) is 0.244. The molecule has 1 aliphatic heterocycles. The topological polar surface area (TPSA) is 86.9 Å². The third kappa shape index (κ3) is 8.55. The van der Waals surface area contributed by atoms with E-state index in [-0.39, 0.29) is 24.0 Å². The van der Waals surface area contributed by atoms with Crippen LogP contribution in [0.4, 0.5) is 0 Å². The highest BCUT2D eigenvalue weighted by Gasteiger charge is 2.25. The average molecular weight is 571 g/mol. The molecule has 3 N–H and O–H groups in total. The van der Waals surface area contributed by atoms with Gasteiger partial charge in [-0.05, 0) is 33.3 Å². The van der Waals surface area contributed by atoms with Gasteiger partial charge in [-0.25, -0.2) is 4.99 Å². The van der Waals surface area contributed by atoms with Crippen molar-refractivity contribution in [2.24, 2.45) is 4.99 Å². The van der Waals surface area contributed by atoms with Gasteiger partial charge >= 0.3 is 0 Å². The first kappa shape index (κ1) is 27.6. The summed E-state index contributed by atoms with van der Waals surface area (Å²) in [5, 5.41) is 22.2. The van der Waals surface area contributed by atoms with Crippen LogP contribution < -0.4 is 10.6 Å². The zero-order valence-corrected chi connectivity index (χ0v) is 22.6. The Morgan fingerprint density at radius 1 is 1.18 bits per heavy atom. The van der Waals surface area contributed by atoms with Crippen molar-refractivity contribution in [2.75, 3.05) is 45.9 Å². The molecule has 0 radical (unpaired) electrons. The lowest BCUT2D eigenvalue weighted by atomic mass is 10.1. The fourth-order valence-corrected chi connectivity index (χ4v) is 3.94. The van der Waals surface area contributed by atoms with Gasteiger partial charge in [-0.3, -0.25) is 9.58 Å². The molecule has 1 unspecified atom stereocenters. The second kappa shape index (κ2) is 13.3. The molecular weight excluding hydrogens is 531 g/mol. The molecule has 1 aromatic carbocycles. The Hall–Kier alpha value is -1.69. The van der Waals surface area contributed by atoms with E-state index < -0.39 is 5.60 Å². The minimum atomic E-state index is -0.861. The maximum absolute atomic E-state index is 10.9. The minimum absolute atomic E-state index is 0. The monoisotopic (exact) mass is 570 g/mol. The van der Waals surface area contributed by atoms with Crippen molar-refractivity contribution in [3.8, 4) is 0 Å². The van der Waals surface area contributed by atoms with Gasteiger partial charge in [-0.2, -0.15) is 5.10 Å². The molecule has 0 aliphatic carbocycles. The Labute approximate surface area is 214 Å². The van der Waals surface area contributed by atoms with Crippen molar-refractivity contribution in [3.05, 3.63) is 52.8 Å². The zero-order chi connectivity index (χ0) is 23.0. The summed E-state index contributed by atoms with van der Waals surface area (Å²) in [6, 6.07) is 10.4. The Balaban J connectivity index is 0.00000385. The van der Waals surface area contributed by atoms with Gasteiger partial charge in [0.25, 0.3) is 0 Å². The number of rotatable bonds is 9. The molecule has 2 aromatic rings. The standard InChI is InChI=1S/C24H38N6O2.HI/c1-5-25-23(27-17-24(4,31)18-29-11-13-32-14-12-29)26-15-22-19(2)28-30(20(22)3)16-21-9-7-6-8-10-21;/h6-10,31H,5,11-18H2,1-4H3,(H2,25,26,27);1H. The van der Waals surface area contributed by atoms with Gasteiger partial charge in [0.15, 0.2) is 5.96 Å². The van der Waals surface area contributed by atoms with Gasteiger partial charge in [0.2, 0.25) is 0 Å². The number of guanidine groups is 1. The predicted octanol–water partition coefficient (Wildman–Crippen LogP) is 2.30. The van der Waals surface area contributed by atoms with E-state index in [1.54, 1.807) is 0 Å². The highest BCUT2D eigenvalue weighted by atomic mass is 127. The Bertz CT molecular complexity index is 879. The molecule has 0 amide bonds. The summed E-state index contributed by atoms with van der Waals surface area (Å²) < 4.78 is 7.44. The van der Waals surface area contributed by atoms with Gasteiger partial charge in [0.05, 0.1) is 37.6 Å². The first-order valence-corrected chi connectivity index (χ1v) is 11.5. The predicted molar refractivity (Wildman–Crippen MR) is 143 cm³/mol. The molecule has 0 saturated carbocycles. The Kier molecular flexibility index (Phi) is 11.1. The Morgan fingerprint density at radius 2 is 1.88 bits per heavy atom. The van der Waals surface area contributed by atoms with Gasteiger partial charge < -0.3 is 20.5 Å². The lowest BCUT2D eigenvalue weighted by Crippen LogP contribution is -2.52. The van der Waals surface area contributed by atoms with Crippen LogP contribution in [0.2, 0.25) is 0 Å². The van der Waals surface area contributed by atoms with Crippen LogP contribution in [0.3, 0.4) is 0 Å². The van der Waals surface area contributed by atoms with Crippen molar-refractivity contribution in [2.45, 2.75) is 46.4 Å². The van der Waals surface area contributed by atoms with E-state index >= 15 is 0 Å². The number of halogens is 1. The molecule has 8 nitrogen and oxygen atoms in total. The number of nitrogens with one attached hydrogen (secondary N) is 2. The van der Waals surface area contributed by atoms with E-state index in [1.165, 1.54) is 5.56 Å². The zero-order valence-electron chi connectivity index (χ0n) is 20.3. The van der Waals surface area contributed by atoms with E-state index in [0.717, 1.165) is 56.3 Å². The molecule has 1 aromatic heterocycles. The van der Waals surface area contributed by atoms with Crippen LogP contribution in [0.25, 0.3) is 0 Å². The highest BCUT2D eigenvalue weighted by Crippen LogP contribution is 2.16. The van der Waals surface area contributed by atoms with Crippen molar-refractivity contribution < 1.29 is 9.84 Å². The van der Waals surface area contributed by atoms with Gasteiger partial charge in [-0.1, -0.05) is 30.3 Å². The molecule has 1 atom stereocenters. The molecule has 184 valence electrons. The first-order chi connectivity index (χ1) is 15.4. The SMILES string of the molecule is CCNC(=NCc1c(C)nn(Cc2ccccc2)c1C)NCC(C)(O)CN1CCOCC1.I. The largest absolute Gasteiger partial charge is 0.387 e. The van der Waals surface area contributed by atoms with Crippen molar-refractivity contribution >= 4 is 29.9 Å². The molecular formula is C24H39IN6O2. The fourth-order valence-electron chi connectivity index (χ4n) is 3.94. The molecule has 1 saturated heterocycles. The third-order valence-corrected chi connectivity index (χ3v) is 5.75. The number of hydrogen-bond acceptors (Lipinski definition) is 5. The molecule has 0 bridgehead atoms. The molecule has 1 fully saturated rings. The van der Waals surface area contributed by atoms with E-state index in [2.05, 4.69) is 46.7 Å². The second-order valence-electron chi connectivity index (χ2n) is 8.73. The molecule has 1 aliphatic rings. The average Bonchev–Trinajstić information content (AvgIpc) is 3.04. The summed E-state index contributed by atoms with van der Waals surface area (Å²) >= 11 is 0. The van der Waals surface area contributed by atoms with E-state index in [1.807, 2.05) is 31.5 Å². The number of aryl methyl sites for hydroxylation is 1. The van der Waals surface area contributed by atoms with Crippen molar-refractivity contribution in [1.82, 2.24) is 25.3 Å². The smallest absolute Gasteiger partial charge is 0.191 e. The number of ether oxygens (including phenoxy) is 1. The number of aliphatic hydroxyl groups is 1. The summed E-state index contributed by atoms with van der Waals surface area (Å²) in [6.45, 7) is 14.3. The molecule has 0 spiro atoms. The van der Waals surface area contributed by atoms with Gasteiger partial charge in [-0.15, -0.1) is 24.0 Å². The normalized spacial score (nSPS) is 16.7. The number of hydrogen-bond donors (Lipinski definition) is 3. The van der Waals surface area contributed by atoms with Crippen LogP contribution in [0.1, 0.15) is 36.4 Å². The second-order valence-corrected chi connectivity index (χ2v) is 8.73. The maximum Gasteiger partial charge on any atom is 0.191 e. The summed E-state index contributed by atoms with van der Waals surface area (Å²) in [4.78, 5) is 7.01. The summed E-state index contributed by atoms with van der Waals surface area (Å²) in [7, 11) is 0. The van der Waals surface area contributed by atoms with Gasteiger partial charge in [0.1, 0.15) is 0 Å². The van der Waals surface area contributed by atoms with Crippen LogP contribution in [-0.4, -0.2) is 77.3 Å². The Morgan fingerprint density at radius 3 is 2.55 bits per heavy atom. The van der Waals surface area contributed by atoms with Crippen LogP contribution in [0.5, 0.6) is 0 Å². The summed E-state index contributed by atoms with van der Waals surface area (Å²) in [5.74, 6) is 0.698. The van der Waals surface area contributed by atoms with Crippen LogP contribution in [-0.2, 0) is 17.8 Å². The maximum atomic E-state index is 10.9. The number of morpholine rings is 1. The molecule has 3 rings (SSSR count). The number of nitrogens with zero attached hydrogens (tertiary/aromatic N) is 4. The summed E-state index contributed by atoms with van der Waals surface area (Å²) in [5.41, 5.74) is 3.63. The molecule has 2 heterocycles. The van der Waals surface area contributed by atoms with E-state index in [9.17, 15) is 5.11 Å². The van der Waals surface area contributed by atoms with E-state index in [4.69, 9.17) is 14.8 Å². The van der Waals surface area contributed by atoms with Crippen molar-refractivity contribution in [3.63, 3.8) is 0 Å². The van der Waals surface area contributed by atoms with Crippen LogP contribution in [0.15, 0.2) is 35.3 Å². The fraction of sp³-hybridized carbons (Fsp3) is 0.583. The van der Waals surface area contributed by atoms with Gasteiger partial charge in [0, 0.05) is 44.0 Å². The highest BCUT2D eigenvalue weighted by molar-refractivity contribution is 14.0. The lowest BCUT2D eigenvalue weighted by Gasteiger charge is -2.34. The van der Waals surface area contributed by atoms with Crippen molar-refractivity contribution in [1.29, 1.82) is 0 Å². The number of β-amino-alcohol motifs (C(OH)–C–C–N with tert-alkyl or cyclic N) is 1. The van der Waals surface area contributed by atoms with E-state index in [0.29, 0.717) is 25.6 Å². The molecule has 9 heteroatoms. The first-order valence-electron chi connectivity index (χ1n) is 11.5. The van der Waals surface area contributed by atoms with Crippen LogP contribution >= 0.6 is 24.0 Å². The lowest BCUT2D eigenvalue weighted by molar-refractivity contribution is -0.0201. The third-order valence-electron chi connectivity index (χ3n) is 5.75. The minimum Gasteiger partial charge on any atom is -0.387 e. The summed E-state index contributed by atoms with van der Waals surface area (Å²) in [6.07, 6.45) is 0. The van der Waals surface area contributed by atoms with Crippen LogP contribution in [0, 0.1) is 13.8 Å². The number of aromatic nitrogens is 2. The molecule has 33 heavy (non-hydrogen) atoms. The number of benzene rings is 1.